The number of nitrogens with one attached hydrogen (secondary N) is 1. The molecule has 0 bridgehead atoms. The van der Waals surface area contributed by atoms with Crippen molar-refractivity contribution in [1.29, 1.82) is 0 Å². The number of thiocarbonyl (C=S) groups is 1. The smallest absolute Gasteiger partial charge is 0.224 e. The molecule has 0 saturated heterocycles. The molecular weight excluding hydrogens is 292 g/mol. The Balaban J connectivity index is 2.05. The Morgan fingerprint density at radius 1 is 1.09 bits per heavy atom. The number of isothiocyanates is 1. The summed E-state index contributed by atoms with van der Waals surface area (Å²) in [5.74, 6) is 0.0666. The van der Waals surface area contributed by atoms with Crippen LogP contribution in [0.25, 0.3) is 11.1 Å². The Hall–Kier alpha value is -2.29. The Bertz CT molecular complexity index is 671. The van der Waals surface area contributed by atoms with Crippen LogP contribution in [-0.4, -0.2) is 11.1 Å². The standard InChI is InChI=1S/C18H18N2OS/c1-2-3-4-18(21)20-17-11-7-15(8-12-17)14-5-9-16(10-6-14)19-13-22/h5-12H,2-4H2,1H3,(H,20,21). The van der Waals surface area contributed by atoms with E-state index in [1.54, 1.807) is 0 Å². The van der Waals surface area contributed by atoms with Crippen molar-refractivity contribution < 1.29 is 4.79 Å². The van der Waals surface area contributed by atoms with Gasteiger partial charge in [-0.15, -0.1) is 0 Å². The summed E-state index contributed by atoms with van der Waals surface area (Å²) in [5.41, 5.74) is 3.79. The maximum Gasteiger partial charge on any atom is 0.224 e. The number of anilines is 1. The first-order chi connectivity index (χ1) is 10.7. The fraction of sp³-hybridized carbons (Fsp3) is 0.222. The molecular formula is C18H18N2OS. The quantitative estimate of drug-likeness (QED) is 0.587. The number of aliphatic imine (C=N–C) groups is 1. The summed E-state index contributed by atoms with van der Waals surface area (Å²) in [6.45, 7) is 2.07. The van der Waals surface area contributed by atoms with Crippen molar-refractivity contribution in [3.8, 4) is 11.1 Å². The highest BCUT2D eigenvalue weighted by Gasteiger charge is 2.02. The van der Waals surface area contributed by atoms with Crippen LogP contribution in [0.4, 0.5) is 11.4 Å². The van der Waals surface area contributed by atoms with Gasteiger partial charge >= 0.3 is 0 Å². The summed E-state index contributed by atoms with van der Waals surface area (Å²) in [5, 5.41) is 5.26. The predicted molar refractivity (Wildman–Crippen MR) is 94.7 cm³/mol. The molecule has 2 rings (SSSR count). The van der Waals surface area contributed by atoms with E-state index in [0.29, 0.717) is 6.42 Å². The Morgan fingerprint density at radius 3 is 2.23 bits per heavy atom. The molecule has 0 unspecified atom stereocenters. The molecule has 0 aromatic heterocycles. The van der Waals surface area contributed by atoms with Gasteiger partial charge in [0.05, 0.1) is 10.8 Å². The second kappa shape index (κ2) is 8.23. The lowest BCUT2D eigenvalue weighted by Crippen LogP contribution is -2.10. The molecule has 4 heteroatoms. The van der Waals surface area contributed by atoms with Crippen LogP contribution in [0.3, 0.4) is 0 Å². The SMILES string of the molecule is CCCCC(=O)Nc1ccc(-c2ccc(N=C=S)cc2)cc1. The lowest BCUT2D eigenvalue weighted by Gasteiger charge is -2.07. The van der Waals surface area contributed by atoms with E-state index < -0.39 is 0 Å². The number of rotatable bonds is 6. The zero-order valence-electron chi connectivity index (χ0n) is 12.5. The van der Waals surface area contributed by atoms with Gasteiger partial charge in [0.1, 0.15) is 0 Å². The molecule has 0 spiro atoms. The average molecular weight is 310 g/mol. The van der Waals surface area contributed by atoms with Crippen LogP contribution < -0.4 is 5.32 Å². The van der Waals surface area contributed by atoms with Crippen molar-refractivity contribution in [3.63, 3.8) is 0 Å². The fourth-order valence-electron chi connectivity index (χ4n) is 2.09. The zero-order valence-corrected chi connectivity index (χ0v) is 13.3. The first kappa shape index (κ1) is 16.1. The molecule has 1 amide bonds. The lowest BCUT2D eigenvalue weighted by atomic mass is 10.1. The zero-order chi connectivity index (χ0) is 15.8. The van der Waals surface area contributed by atoms with Gasteiger partial charge in [-0.2, -0.15) is 4.99 Å². The highest BCUT2D eigenvalue weighted by molar-refractivity contribution is 7.78. The number of unbranched alkanes of at least 4 members (excludes halogenated alkanes) is 1. The molecule has 0 fully saturated rings. The largest absolute Gasteiger partial charge is 0.326 e. The number of carbonyl (C=O) groups excluding carboxylic acids is 1. The third kappa shape index (κ3) is 4.62. The van der Waals surface area contributed by atoms with Gasteiger partial charge in [0.15, 0.2) is 0 Å². The van der Waals surface area contributed by atoms with E-state index in [4.69, 9.17) is 0 Å². The topological polar surface area (TPSA) is 41.5 Å². The average Bonchev–Trinajstić information content (AvgIpc) is 2.55. The number of benzene rings is 2. The van der Waals surface area contributed by atoms with Crippen LogP contribution >= 0.6 is 12.2 Å². The first-order valence-corrected chi connectivity index (χ1v) is 7.72. The van der Waals surface area contributed by atoms with E-state index in [-0.39, 0.29) is 5.91 Å². The van der Waals surface area contributed by atoms with E-state index in [9.17, 15) is 4.79 Å². The van der Waals surface area contributed by atoms with Gasteiger partial charge in [0, 0.05) is 12.1 Å². The number of hydrogen-bond acceptors (Lipinski definition) is 3. The number of carbonyl (C=O) groups is 1. The maximum atomic E-state index is 11.7. The normalized spacial score (nSPS) is 9.86. The van der Waals surface area contributed by atoms with Crippen LogP contribution in [0.15, 0.2) is 53.5 Å². The summed E-state index contributed by atoms with van der Waals surface area (Å²) >= 11 is 4.58. The molecule has 0 aliphatic heterocycles. The van der Waals surface area contributed by atoms with Crippen LogP contribution in [0, 0.1) is 0 Å². The summed E-state index contributed by atoms with van der Waals surface area (Å²) in [6, 6.07) is 15.6. The third-order valence-electron chi connectivity index (χ3n) is 3.30. The van der Waals surface area contributed by atoms with E-state index >= 15 is 0 Å². The van der Waals surface area contributed by atoms with E-state index in [2.05, 4.69) is 34.6 Å². The Morgan fingerprint density at radius 2 is 1.68 bits per heavy atom. The van der Waals surface area contributed by atoms with Crippen molar-refractivity contribution in [3.05, 3.63) is 48.5 Å². The molecule has 0 saturated carbocycles. The van der Waals surface area contributed by atoms with Crippen LogP contribution in [-0.2, 0) is 4.79 Å². The number of hydrogen-bond donors (Lipinski definition) is 1. The Labute approximate surface area is 136 Å². The van der Waals surface area contributed by atoms with Crippen LogP contribution in [0.1, 0.15) is 26.2 Å². The highest BCUT2D eigenvalue weighted by atomic mass is 32.1. The Kier molecular flexibility index (Phi) is 6.01. The van der Waals surface area contributed by atoms with E-state index in [0.717, 1.165) is 35.3 Å². The highest BCUT2D eigenvalue weighted by Crippen LogP contribution is 2.24. The summed E-state index contributed by atoms with van der Waals surface area (Å²) in [7, 11) is 0. The van der Waals surface area contributed by atoms with Crippen molar-refractivity contribution in [2.75, 3.05) is 5.32 Å². The molecule has 0 atom stereocenters. The van der Waals surface area contributed by atoms with Crippen molar-refractivity contribution >= 4 is 34.7 Å². The predicted octanol–water partition coefficient (Wildman–Crippen LogP) is 5.22. The lowest BCUT2D eigenvalue weighted by molar-refractivity contribution is -0.116. The molecule has 1 N–H and O–H groups in total. The van der Waals surface area contributed by atoms with Crippen LogP contribution in [0.2, 0.25) is 0 Å². The number of nitrogens with zero attached hydrogens (tertiary/aromatic N) is 1. The molecule has 0 aliphatic rings. The molecule has 0 heterocycles. The van der Waals surface area contributed by atoms with Crippen molar-refractivity contribution in [2.45, 2.75) is 26.2 Å². The minimum Gasteiger partial charge on any atom is -0.326 e. The van der Waals surface area contributed by atoms with Gasteiger partial charge in [-0.1, -0.05) is 37.6 Å². The van der Waals surface area contributed by atoms with Gasteiger partial charge in [0.25, 0.3) is 0 Å². The summed E-state index contributed by atoms with van der Waals surface area (Å²) in [4.78, 5) is 15.6. The molecule has 0 aliphatic carbocycles. The van der Waals surface area contributed by atoms with E-state index in [1.807, 2.05) is 48.5 Å². The van der Waals surface area contributed by atoms with Crippen molar-refractivity contribution in [1.82, 2.24) is 0 Å². The summed E-state index contributed by atoms with van der Waals surface area (Å²) < 4.78 is 0. The molecule has 2 aromatic carbocycles. The molecule has 0 radical (unpaired) electrons. The monoisotopic (exact) mass is 310 g/mol. The second-order valence-electron chi connectivity index (χ2n) is 4.98. The molecule has 22 heavy (non-hydrogen) atoms. The van der Waals surface area contributed by atoms with Gasteiger partial charge in [-0.25, -0.2) is 0 Å². The second-order valence-corrected chi connectivity index (χ2v) is 5.16. The van der Waals surface area contributed by atoms with Gasteiger partial charge in [0.2, 0.25) is 5.91 Å². The molecule has 2 aromatic rings. The maximum absolute atomic E-state index is 11.7. The third-order valence-corrected chi connectivity index (χ3v) is 3.39. The first-order valence-electron chi connectivity index (χ1n) is 7.31. The van der Waals surface area contributed by atoms with Gasteiger partial charge < -0.3 is 5.32 Å². The van der Waals surface area contributed by atoms with Gasteiger partial charge in [-0.05, 0) is 54.0 Å². The van der Waals surface area contributed by atoms with Crippen molar-refractivity contribution in [2.24, 2.45) is 4.99 Å². The number of amides is 1. The molecule has 112 valence electrons. The summed E-state index contributed by atoms with van der Waals surface area (Å²) in [6.07, 6.45) is 2.51. The van der Waals surface area contributed by atoms with Crippen LogP contribution in [0.5, 0.6) is 0 Å². The minimum atomic E-state index is 0.0666. The molecule has 3 nitrogen and oxygen atoms in total. The minimum absolute atomic E-state index is 0.0666. The van der Waals surface area contributed by atoms with E-state index in [1.165, 1.54) is 0 Å². The fourth-order valence-corrected chi connectivity index (χ4v) is 2.19. The van der Waals surface area contributed by atoms with Gasteiger partial charge in [-0.3, -0.25) is 4.79 Å².